The van der Waals surface area contributed by atoms with Gasteiger partial charge in [-0.25, -0.2) is 9.78 Å². The molecule has 20 heavy (non-hydrogen) atoms. The van der Waals surface area contributed by atoms with Gasteiger partial charge in [-0.15, -0.1) is 0 Å². The number of hydrogen-bond donors (Lipinski definition) is 3. The van der Waals surface area contributed by atoms with Crippen LogP contribution in [0.1, 0.15) is 21.0 Å². The summed E-state index contributed by atoms with van der Waals surface area (Å²) in [5.41, 5.74) is -0.864. The molecule has 0 aliphatic rings. The number of non-ortho nitro benzene ring substituents is 1. The van der Waals surface area contributed by atoms with E-state index < -0.39 is 22.4 Å². The van der Waals surface area contributed by atoms with Crippen LogP contribution in [0, 0.1) is 10.1 Å². The number of anilines is 1. The van der Waals surface area contributed by atoms with E-state index in [9.17, 15) is 19.7 Å². The fourth-order valence-corrected chi connectivity index (χ4v) is 1.43. The first kappa shape index (κ1) is 13.1. The Labute approximate surface area is 110 Å². The van der Waals surface area contributed by atoms with Crippen LogP contribution >= 0.6 is 0 Å². The van der Waals surface area contributed by atoms with Crippen LogP contribution in [0.4, 0.5) is 11.4 Å². The fourth-order valence-electron chi connectivity index (χ4n) is 1.43. The van der Waals surface area contributed by atoms with Gasteiger partial charge in [-0.3, -0.25) is 20.0 Å². The van der Waals surface area contributed by atoms with E-state index in [0.717, 1.165) is 24.5 Å². The van der Waals surface area contributed by atoms with Crippen molar-refractivity contribution >= 4 is 23.3 Å². The zero-order valence-electron chi connectivity index (χ0n) is 9.73. The van der Waals surface area contributed by atoms with E-state index in [-0.39, 0.29) is 17.2 Å². The van der Waals surface area contributed by atoms with Crippen molar-refractivity contribution in [2.24, 2.45) is 0 Å². The lowest BCUT2D eigenvalue weighted by atomic mass is 10.1. The smallest absolute Gasteiger partial charge is 0.338 e. The molecule has 1 heterocycles. The van der Waals surface area contributed by atoms with Crippen molar-refractivity contribution < 1.29 is 19.6 Å². The number of carboxylic acid groups (broad SMARTS) is 1. The quantitative estimate of drug-likeness (QED) is 0.548. The molecular weight excluding hydrogens is 270 g/mol. The minimum atomic E-state index is -1.40. The van der Waals surface area contributed by atoms with Crippen molar-refractivity contribution in [3.05, 3.63) is 46.0 Å². The molecule has 0 atom stereocenters. The summed E-state index contributed by atoms with van der Waals surface area (Å²) in [4.78, 5) is 36.2. The Bertz CT molecular complexity index is 681. The van der Waals surface area contributed by atoms with Gasteiger partial charge in [0.2, 0.25) is 5.82 Å². The number of benzene rings is 1. The second kappa shape index (κ2) is 5.14. The number of carbonyl (C=O) groups excluding carboxylic acids is 1. The van der Waals surface area contributed by atoms with Crippen LogP contribution in [0.5, 0.6) is 0 Å². The largest absolute Gasteiger partial charge is 0.478 e. The Morgan fingerprint density at radius 1 is 1.40 bits per heavy atom. The molecule has 2 aromatic rings. The summed E-state index contributed by atoms with van der Waals surface area (Å²) >= 11 is 0. The Morgan fingerprint density at radius 2 is 2.15 bits per heavy atom. The zero-order chi connectivity index (χ0) is 14.7. The number of aromatic amines is 1. The Balaban J connectivity index is 2.34. The molecule has 0 saturated carbocycles. The average molecular weight is 277 g/mol. The van der Waals surface area contributed by atoms with Gasteiger partial charge >= 0.3 is 5.97 Å². The summed E-state index contributed by atoms with van der Waals surface area (Å²) in [7, 11) is 0. The third kappa shape index (κ3) is 2.58. The van der Waals surface area contributed by atoms with Crippen molar-refractivity contribution in [3.8, 4) is 0 Å². The van der Waals surface area contributed by atoms with Crippen molar-refractivity contribution in [2.75, 3.05) is 5.32 Å². The first-order valence-electron chi connectivity index (χ1n) is 5.17. The van der Waals surface area contributed by atoms with Crippen LogP contribution in [0.15, 0.2) is 24.5 Å². The monoisotopic (exact) mass is 277 g/mol. The third-order valence-electron chi connectivity index (χ3n) is 2.32. The number of H-pyrrole nitrogens is 1. The summed E-state index contributed by atoms with van der Waals surface area (Å²) in [6.07, 6.45) is 1.11. The highest BCUT2D eigenvalue weighted by Crippen LogP contribution is 2.22. The average Bonchev–Trinajstić information content (AvgIpc) is 2.92. The number of nitrogens with zero attached hydrogens (tertiary/aromatic N) is 3. The molecule has 0 radical (unpaired) electrons. The first-order chi connectivity index (χ1) is 9.49. The number of aromatic carboxylic acids is 1. The van der Waals surface area contributed by atoms with Gasteiger partial charge < -0.3 is 10.4 Å². The van der Waals surface area contributed by atoms with Gasteiger partial charge in [0.25, 0.3) is 11.6 Å². The molecule has 0 bridgehead atoms. The highest BCUT2D eigenvalue weighted by atomic mass is 16.6. The molecule has 0 unspecified atom stereocenters. The lowest BCUT2D eigenvalue weighted by Crippen LogP contribution is -2.16. The molecule has 1 amide bonds. The molecule has 102 valence electrons. The summed E-state index contributed by atoms with van der Waals surface area (Å²) in [6, 6.07) is 3.08. The fraction of sp³-hybridized carbons (Fsp3) is 0. The van der Waals surface area contributed by atoms with Crippen molar-refractivity contribution in [1.82, 2.24) is 15.2 Å². The molecule has 1 aromatic heterocycles. The maximum Gasteiger partial charge on any atom is 0.338 e. The minimum absolute atomic E-state index is 0.0792. The summed E-state index contributed by atoms with van der Waals surface area (Å²) in [5, 5.41) is 27.7. The number of amides is 1. The van der Waals surface area contributed by atoms with E-state index >= 15 is 0 Å². The molecule has 0 saturated heterocycles. The molecule has 0 aliphatic carbocycles. The predicted molar refractivity (Wildman–Crippen MR) is 64.4 cm³/mol. The molecule has 0 aliphatic heterocycles. The number of aromatic nitrogens is 3. The third-order valence-corrected chi connectivity index (χ3v) is 2.32. The number of carbonyl (C=O) groups is 2. The number of rotatable bonds is 4. The molecule has 10 heteroatoms. The van der Waals surface area contributed by atoms with Gasteiger partial charge in [-0.2, -0.15) is 5.10 Å². The van der Waals surface area contributed by atoms with E-state index in [1.54, 1.807) is 0 Å². The molecule has 3 N–H and O–H groups in total. The van der Waals surface area contributed by atoms with E-state index in [1.807, 2.05) is 0 Å². The summed E-state index contributed by atoms with van der Waals surface area (Å²) < 4.78 is 0. The molecule has 0 fully saturated rings. The maximum absolute atomic E-state index is 11.7. The second-order valence-electron chi connectivity index (χ2n) is 3.58. The lowest BCUT2D eigenvalue weighted by molar-refractivity contribution is -0.384. The highest BCUT2D eigenvalue weighted by molar-refractivity contribution is 6.06. The van der Waals surface area contributed by atoms with Gasteiger partial charge in [0.05, 0.1) is 16.2 Å². The SMILES string of the molecule is O=C(Nc1ccc([N+](=O)[O-])cc1C(=O)O)c1ncn[nH]1. The van der Waals surface area contributed by atoms with Gasteiger partial charge in [0, 0.05) is 12.1 Å². The van der Waals surface area contributed by atoms with Crippen LogP contribution in [-0.4, -0.2) is 37.1 Å². The van der Waals surface area contributed by atoms with Gasteiger partial charge in [0.1, 0.15) is 6.33 Å². The first-order valence-corrected chi connectivity index (χ1v) is 5.17. The van der Waals surface area contributed by atoms with Crippen molar-refractivity contribution in [3.63, 3.8) is 0 Å². The topological polar surface area (TPSA) is 151 Å². The number of nitro benzene ring substituents is 1. The van der Waals surface area contributed by atoms with E-state index in [2.05, 4.69) is 20.5 Å². The summed E-state index contributed by atoms with van der Waals surface area (Å²) in [6.45, 7) is 0. The zero-order valence-corrected chi connectivity index (χ0v) is 9.73. The Kier molecular flexibility index (Phi) is 3.37. The Hall–Kier alpha value is -3.30. The van der Waals surface area contributed by atoms with Gasteiger partial charge in [-0.05, 0) is 6.07 Å². The van der Waals surface area contributed by atoms with Gasteiger partial charge in [0.15, 0.2) is 0 Å². The van der Waals surface area contributed by atoms with Crippen LogP contribution in [0.25, 0.3) is 0 Å². The minimum Gasteiger partial charge on any atom is -0.478 e. The number of nitrogens with one attached hydrogen (secondary N) is 2. The van der Waals surface area contributed by atoms with Crippen molar-refractivity contribution in [1.29, 1.82) is 0 Å². The number of hydrogen-bond acceptors (Lipinski definition) is 6. The summed E-state index contributed by atoms with van der Waals surface area (Å²) in [5.74, 6) is -2.22. The Morgan fingerprint density at radius 3 is 2.70 bits per heavy atom. The normalized spacial score (nSPS) is 10.0. The van der Waals surface area contributed by atoms with Crippen LogP contribution in [0.2, 0.25) is 0 Å². The van der Waals surface area contributed by atoms with E-state index in [4.69, 9.17) is 5.11 Å². The van der Waals surface area contributed by atoms with Crippen LogP contribution in [-0.2, 0) is 0 Å². The highest BCUT2D eigenvalue weighted by Gasteiger charge is 2.18. The molecule has 0 spiro atoms. The molecule has 10 nitrogen and oxygen atoms in total. The molecular formula is C10H7N5O5. The van der Waals surface area contributed by atoms with Crippen molar-refractivity contribution in [2.45, 2.75) is 0 Å². The lowest BCUT2D eigenvalue weighted by Gasteiger charge is -2.06. The number of carboxylic acids is 1. The number of nitro groups is 1. The molecule has 1 aromatic carbocycles. The van der Waals surface area contributed by atoms with E-state index in [1.165, 1.54) is 0 Å². The molecule has 2 rings (SSSR count). The maximum atomic E-state index is 11.7. The van der Waals surface area contributed by atoms with Crippen LogP contribution in [0.3, 0.4) is 0 Å². The second-order valence-corrected chi connectivity index (χ2v) is 3.58. The van der Waals surface area contributed by atoms with Crippen LogP contribution < -0.4 is 5.32 Å². The van der Waals surface area contributed by atoms with E-state index in [0.29, 0.717) is 0 Å². The predicted octanol–water partition coefficient (Wildman–Crippen LogP) is 0.663. The standard InChI is InChI=1S/C10H7N5O5/c16-9(8-11-4-12-14-8)13-7-2-1-5(15(19)20)3-6(7)10(17)18/h1-4H,(H,13,16)(H,17,18)(H,11,12,14). The van der Waals surface area contributed by atoms with Gasteiger partial charge in [-0.1, -0.05) is 0 Å².